The number of fused-ring (bicyclic) bond motifs is 2. The van der Waals surface area contributed by atoms with Crippen LogP contribution in [0.3, 0.4) is 0 Å². The molecule has 0 aromatic carbocycles. The van der Waals surface area contributed by atoms with Gasteiger partial charge in [0.25, 0.3) is 5.91 Å². The third-order valence-corrected chi connectivity index (χ3v) is 7.13. The van der Waals surface area contributed by atoms with Crippen LogP contribution in [0.25, 0.3) is 11.1 Å². The van der Waals surface area contributed by atoms with Gasteiger partial charge in [0.2, 0.25) is 0 Å². The summed E-state index contributed by atoms with van der Waals surface area (Å²) in [7, 11) is 0. The Labute approximate surface area is 206 Å². The molecule has 0 saturated carbocycles. The summed E-state index contributed by atoms with van der Waals surface area (Å²) in [6, 6.07) is 2.07. The zero-order valence-corrected chi connectivity index (χ0v) is 20.8. The standard InChI is InChI=1S/C27H34N6O2/c1-4-24-26-16-25(29-33(26)17-20(3)28-24)23-15-27(35)32-18-22(8-7-21(32)6-5-19(23)2)31-11-9-30(10-12-31)13-14-34/h6-8,15-19,34H,4-5,9-14H2,1-3H3. The minimum atomic E-state index is -0.0550. The van der Waals surface area contributed by atoms with Crippen molar-refractivity contribution in [2.24, 2.45) is 5.92 Å². The van der Waals surface area contributed by atoms with Gasteiger partial charge in [0.1, 0.15) is 0 Å². The number of piperazine rings is 1. The van der Waals surface area contributed by atoms with Crippen molar-refractivity contribution in [3.8, 4) is 0 Å². The predicted octanol–water partition coefficient (Wildman–Crippen LogP) is 2.76. The molecule has 0 spiro atoms. The number of carbonyl (C=O) groups excluding carboxylic acids is 1. The molecule has 5 rings (SSSR count). The van der Waals surface area contributed by atoms with Gasteiger partial charge in [-0.2, -0.15) is 5.10 Å². The Kier molecular flexibility index (Phi) is 6.58. The maximum absolute atomic E-state index is 13.5. The van der Waals surface area contributed by atoms with E-state index in [0.29, 0.717) is 6.54 Å². The first-order valence-electron chi connectivity index (χ1n) is 12.6. The lowest BCUT2D eigenvalue weighted by molar-refractivity contribution is -0.122. The molecule has 0 aliphatic carbocycles. The van der Waals surface area contributed by atoms with E-state index in [1.54, 1.807) is 11.0 Å². The lowest BCUT2D eigenvalue weighted by Crippen LogP contribution is -2.47. The molecule has 1 N–H and O–H groups in total. The van der Waals surface area contributed by atoms with Crippen molar-refractivity contribution in [2.45, 2.75) is 33.6 Å². The normalized spacial score (nSPS) is 21.4. The molecule has 1 atom stereocenters. The molecule has 1 unspecified atom stereocenters. The summed E-state index contributed by atoms with van der Waals surface area (Å²) in [6.45, 7) is 10.7. The fourth-order valence-corrected chi connectivity index (χ4v) is 5.10. The minimum absolute atomic E-state index is 0.0550. The van der Waals surface area contributed by atoms with Gasteiger partial charge < -0.3 is 10.0 Å². The van der Waals surface area contributed by atoms with E-state index >= 15 is 0 Å². The van der Waals surface area contributed by atoms with Crippen molar-refractivity contribution < 1.29 is 9.90 Å². The van der Waals surface area contributed by atoms with Crippen LogP contribution in [-0.4, -0.2) is 79.6 Å². The number of rotatable bonds is 5. The number of allylic oxidation sites excluding steroid dienone is 4. The fraction of sp³-hybridized carbons (Fsp3) is 0.444. The molecule has 5 heterocycles. The Bertz CT molecular complexity index is 1250. The first-order valence-corrected chi connectivity index (χ1v) is 12.6. The second-order valence-electron chi connectivity index (χ2n) is 9.56. The van der Waals surface area contributed by atoms with E-state index in [9.17, 15) is 9.90 Å². The smallest absolute Gasteiger partial charge is 0.255 e. The molecule has 1 amide bonds. The Hall–Kier alpha value is -3.23. The predicted molar refractivity (Wildman–Crippen MR) is 136 cm³/mol. The number of aryl methyl sites for hydroxylation is 2. The summed E-state index contributed by atoms with van der Waals surface area (Å²) in [6.07, 6.45) is 13.6. The van der Waals surface area contributed by atoms with E-state index in [1.807, 2.05) is 29.9 Å². The summed E-state index contributed by atoms with van der Waals surface area (Å²) in [5.74, 6) is 0.108. The van der Waals surface area contributed by atoms with Crippen molar-refractivity contribution >= 4 is 17.0 Å². The molecule has 2 aromatic heterocycles. The lowest BCUT2D eigenvalue weighted by Gasteiger charge is -2.38. The number of carbonyl (C=O) groups is 1. The number of nitrogens with zero attached hydrogens (tertiary/aromatic N) is 6. The number of amides is 1. The van der Waals surface area contributed by atoms with Crippen molar-refractivity contribution in [1.82, 2.24) is 29.3 Å². The van der Waals surface area contributed by atoms with E-state index in [0.717, 1.165) is 78.6 Å². The van der Waals surface area contributed by atoms with Gasteiger partial charge in [-0.25, -0.2) is 4.52 Å². The van der Waals surface area contributed by atoms with Gasteiger partial charge in [-0.05, 0) is 49.5 Å². The van der Waals surface area contributed by atoms with E-state index < -0.39 is 0 Å². The highest BCUT2D eigenvalue weighted by Crippen LogP contribution is 2.32. The average molecular weight is 475 g/mol. The first kappa shape index (κ1) is 23.5. The minimum Gasteiger partial charge on any atom is -0.395 e. The molecule has 8 nitrogen and oxygen atoms in total. The van der Waals surface area contributed by atoms with E-state index in [1.165, 1.54) is 0 Å². The second-order valence-corrected chi connectivity index (χ2v) is 9.56. The van der Waals surface area contributed by atoms with Crippen LogP contribution in [0.2, 0.25) is 0 Å². The van der Waals surface area contributed by atoms with Gasteiger partial charge in [-0.1, -0.05) is 19.9 Å². The molecule has 1 fully saturated rings. The Morgan fingerprint density at radius 2 is 1.91 bits per heavy atom. The van der Waals surface area contributed by atoms with Crippen LogP contribution in [0.5, 0.6) is 0 Å². The summed E-state index contributed by atoms with van der Waals surface area (Å²) < 4.78 is 1.90. The lowest BCUT2D eigenvalue weighted by atomic mass is 9.92. The summed E-state index contributed by atoms with van der Waals surface area (Å²) >= 11 is 0. The number of β-amino-alcohol motifs (C(OH)–C–C–N with tert-alkyl or cyclic N) is 1. The first-order chi connectivity index (χ1) is 17.0. The van der Waals surface area contributed by atoms with Crippen LogP contribution in [0.15, 0.2) is 54.2 Å². The van der Waals surface area contributed by atoms with Gasteiger partial charge in [0, 0.05) is 50.7 Å². The molecule has 3 aliphatic rings. The van der Waals surface area contributed by atoms with Crippen LogP contribution in [0, 0.1) is 12.8 Å². The highest BCUT2D eigenvalue weighted by Gasteiger charge is 2.26. The van der Waals surface area contributed by atoms with Gasteiger partial charge in [0.15, 0.2) is 0 Å². The van der Waals surface area contributed by atoms with E-state index in [2.05, 4.69) is 46.8 Å². The fourth-order valence-electron chi connectivity index (χ4n) is 5.10. The van der Waals surface area contributed by atoms with Gasteiger partial charge in [-0.15, -0.1) is 0 Å². The second kappa shape index (κ2) is 9.79. The Morgan fingerprint density at radius 3 is 2.66 bits per heavy atom. The third-order valence-electron chi connectivity index (χ3n) is 7.13. The molecule has 0 radical (unpaired) electrons. The molecule has 8 heteroatoms. The third kappa shape index (κ3) is 4.68. The number of aliphatic hydroxyl groups is 1. The van der Waals surface area contributed by atoms with Crippen molar-refractivity contribution in [3.05, 3.63) is 71.2 Å². The molecule has 3 aliphatic heterocycles. The average Bonchev–Trinajstić information content (AvgIpc) is 3.28. The number of aliphatic hydroxyl groups excluding tert-OH is 1. The molecule has 2 aromatic rings. The van der Waals surface area contributed by atoms with Gasteiger partial charge in [0.05, 0.1) is 41.1 Å². The monoisotopic (exact) mass is 474 g/mol. The zero-order chi connectivity index (χ0) is 24.5. The van der Waals surface area contributed by atoms with Crippen LogP contribution in [0.1, 0.15) is 37.4 Å². The van der Waals surface area contributed by atoms with E-state index in [4.69, 9.17) is 5.10 Å². The molecule has 35 heavy (non-hydrogen) atoms. The van der Waals surface area contributed by atoms with E-state index in [-0.39, 0.29) is 18.4 Å². The van der Waals surface area contributed by atoms with Gasteiger partial charge in [-0.3, -0.25) is 19.6 Å². The number of hydrogen-bond acceptors (Lipinski definition) is 6. The van der Waals surface area contributed by atoms with Crippen LogP contribution >= 0.6 is 0 Å². The maximum atomic E-state index is 13.5. The van der Waals surface area contributed by atoms with Crippen LogP contribution in [0.4, 0.5) is 0 Å². The highest BCUT2D eigenvalue weighted by atomic mass is 16.3. The Morgan fingerprint density at radius 1 is 1.14 bits per heavy atom. The molecular formula is C27H34N6O2. The molecule has 1 saturated heterocycles. The summed E-state index contributed by atoms with van der Waals surface area (Å²) in [4.78, 5) is 24.5. The number of hydrogen-bond donors (Lipinski definition) is 1. The quantitative estimate of drug-likeness (QED) is 0.718. The largest absolute Gasteiger partial charge is 0.395 e. The van der Waals surface area contributed by atoms with Crippen LogP contribution < -0.4 is 0 Å². The SMILES string of the molecule is CCc1nc(C)cn2nc(C3=CC(=O)N4C=C(N5CCN(CCO)CC5)C=CC4=CCC3C)cc12. The maximum Gasteiger partial charge on any atom is 0.255 e. The molecular weight excluding hydrogens is 440 g/mol. The van der Waals surface area contributed by atoms with Crippen molar-refractivity contribution in [1.29, 1.82) is 0 Å². The molecule has 184 valence electrons. The topological polar surface area (TPSA) is 77.2 Å². The highest BCUT2D eigenvalue weighted by molar-refractivity contribution is 5.98. The van der Waals surface area contributed by atoms with Crippen molar-refractivity contribution in [3.63, 3.8) is 0 Å². The van der Waals surface area contributed by atoms with Crippen molar-refractivity contribution in [2.75, 3.05) is 39.3 Å². The van der Waals surface area contributed by atoms with Gasteiger partial charge >= 0.3 is 0 Å². The summed E-state index contributed by atoms with van der Waals surface area (Å²) in [5, 5.41) is 14.0. The Balaban J connectivity index is 1.43. The molecule has 0 bridgehead atoms. The summed E-state index contributed by atoms with van der Waals surface area (Å²) in [5.41, 5.74) is 6.70. The zero-order valence-electron chi connectivity index (χ0n) is 20.8. The number of aromatic nitrogens is 3. The van der Waals surface area contributed by atoms with Crippen LogP contribution in [-0.2, 0) is 11.2 Å².